The predicted octanol–water partition coefficient (Wildman–Crippen LogP) is 8.87. The number of ether oxygens (including phenoxy) is 14. The van der Waals surface area contributed by atoms with E-state index in [0.29, 0.717) is 57.9 Å². The Morgan fingerprint density at radius 2 is 1.01 bits per heavy atom. The number of anilines is 1. The highest BCUT2D eigenvalue weighted by Crippen LogP contribution is 2.60. The van der Waals surface area contributed by atoms with E-state index in [0.717, 1.165) is 31.8 Å². The molecule has 22 atom stereocenters. The summed E-state index contributed by atoms with van der Waals surface area (Å²) in [6.45, 7) is 51.5. The minimum absolute atomic E-state index is 0.0833. The maximum atomic E-state index is 12.4. The fourth-order valence-corrected chi connectivity index (χ4v) is 14.3. The van der Waals surface area contributed by atoms with E-state index in [1.807, 2.05) is 111 Å². The van der Waals surface area contributed by atoms with Gasteiger partial charge in [0, 0.05) is 104 Å². The summed E-state index contributed by atoms with van der Waals surface area (Å²) in [5.41, 5.74) is -1.87. The summed E-state index contributed by atoms with van der Waals surface area (Å²) in [6, 6.07) is 1.51. The van der Waals surface area contributed by atoms with Crippen LogP contribution in [-0.2, 0) is 80.2 Å². The number of nitriles is 1. The molecule has 6 heterocycles. The van der Waals surface area contributed by atoms with Gasteiger partial charge >= 0.3 is 5.69 Å². The van der Waals surface area contributed by atoms with Gasteiger partial charge in [-0.2, -0.15) is 10.2 Å². The van der Waals surface area contributed by atoms with E-state index >= 15 is 0 Å². The highest BCUT2D eigenvalue weighted by molar-refractivity contribution is 7.91. The lowest BCUT2D eigenvalue weighted by Gasteiger charge is -2.30. The Morgan fingerprint density at radius 1 is 0.631 bits per heavy atom. The SMILES string of the molecule is CC(C)N=P(Cl)(CCC#N)C(C)C.CCC(C)(C)OC.CC[C@H]1O[C@@H](n2ccc(NC(C)=O)nc2=O)[C@@H](OCC(C)(C)OC)C1O.[B][C@@H]1O[C@H](CC)C(O)[C@@H]1O.[B][C@@H]1O[C@H](CC)C(O)[C@@H]1OCC(C)(C)OC.[B][C@@H]1O[C@H](CC)C(O)[C@@H]1OCC(C)(C)OC.[B][C@@H]1O[C@H](CC)C(OP(C)OCC[N+]#[C-])[C@@H]1OCC(C)(C)OC. The van der Waals surface area contributed by atoms with Crippen molar-refractivity contribution >= 4 is 69.1 Å². The lowest BCUT2D eigenvalue weighted by molar-refractivity contribution is -0.120. The van der Waals surface area contributed by atoms with Gasteiger partial charge in [0.05, 0.1) is 104 Å². The third-order valence-electron chi connectivity index (χ3n) is 18.8. The van der Waals surface area contributed by atoms with Crippen molar-refractivity contribution in [3.8, 4) is 6.07 Å². The normalized spacial score (nSPS) is 29.3. The molecule has 1 amide bonds. The van der Waals surface area contributed by atoms with Gasteiger partial charge in [-0.1, -0.05) is 66.6 Å². The second-order valence-electron chi connectivity index (χ2n) is 31.0. The predicted molar refractivity (Wildman–Crippen MR) is 436 cm³/mol. The molecule has 8 radical (unpaired) electrons. The molecule has 636 valence electrons. The van der Waals surface area contributed by atoms with E-state index in [9.17, 15) is 30.0 Å². The van der Waals surface area contributed by atoms with Crippen molar-refractivity contribution in [2.75, 3.05) is 93.3 Å². The minimum Gasteiger partial charge on any atom is -0.388 e. The van der Waals surface area contributed by atoms with Gasteiger partial charge in [0.25, 0.3) is 0 Å². The summed E-state index contributed by atoms with van der Waals surface area (Å²) >= 11 is 6.44. The number of halogens is 1. The summed E-state index contributed by atoms with van der Waals surface area (Å²) in [5, 5.41) is 59.6. The first-order chi connectivity index (χ1) is 51.5. The van der Waals surface area contributed by atoms with Gasteiger partial charge in [-0.25, -0.2) is 11.4 Å². The lowest BCUT2D eigenvalue weighted by atomic mass is 9.92. The first-order valence-corrected chi connectivity index (χ1v) is 42.9. The van der Waals surface area contributed by atoms with Crippen molar-refractivity contribution in [3.05, 3.63) is 34.2 Å². The van der Waals surface area contributed by atoms with Gasteiger partial charge in [0.2, 0.25) is 12.5 Å². The second kappa shape index (κ2) is 53.3. The summed E-state index contributed by atoms with van der Waals surface area (Å²) in [7, 11) is 30.0. The molecule has 0 saturated carbocycles. The molecule has 6 N–H and O–H groups in total. The molecule has 0 spiro atoms. The molecule has 1 aromatic heterocycles. The zero-order chi connectivity index (χ0) is 85.8. The van der Waals surface area contributed by atoms with Crippen molar-refractivity contribution in [1.82, 2.24) is 9.55 Å². The number of amides is 1. The average molecular weight is 1630 g/mol. The van der Waals surface area contributed by atoms with Crippen molar-refractivity contribution < 1.29 is 106 Å². The summed E-state index contributed by atoms with van der Waals surface area (Å²) < 4.78 is 94.0. The number of hydrogen-bond donors (Lipinski definition) is 6. The molecular formula is C75H139B4ClN6O23P2. The zero-order valence-electron chi connectivity index (χ0n) is 71.7. The van der Waals surface area contributed by atoms with E-state index in [1.165, 1.54) is 23.8 Å². The Kier molecular flexibility index (Phi) is 52.2. The Hall–Kier alpha value is -2.30. The number of nitrogens with one attached hydrogen (secondary N) is 1. The highest BCUT2D eigenvalue weighted by atomic mass is 35.7. The summed E-state index contributed by atoms with van der Waals surface area (Å²) in [4.78, 5) is 30.6. The van der Waals surface area contributed by atoms with Crippen LogP contribution in [0.4, 0.5) is 5.82 Å². The Labute approximate surface area is 676 Å². The number of nitrogens with zero attached hydrogens (tertiary/aromatic N) is 5. The molecule has 1 aromatic rings. The molecule has 0 bridgehead atoms. The second-order valence-corrected chi connectivity index (χ2v) is 37.2. The van der Waals surface area contributed by atoms with Crippen molar-refractivity contribution in [3.63, 3.8) is 0 Å². The lowest BCUT2D eigenvalue weighted by Crippen LogP contribution is -2.41. The van der Waals surface area contributed by atoms with Crippen LogP contribution in [0.15, 0.2) is 21.8 Å². The van der Waals surface area contributed by atoms with Gasteiger partial charge in [-0.15, -0.1) is 0 Å². The number of aliphatic hydroxyl groups excluding tert-OH is 5. The van der Waals surface area contributed by atoms with E-state index in [4.69, 9.17) is 135 Å². The van der Waals surface area contributed by atoms with Gasteiger partial charge in [-0.3, -0.25) is 14.1 Å². The van der Waals surface area contributed by atoms with Crippen LogP contribution >= 0.6 is 26.0 Å². The average Bonchev–Trinajstić information content (AvgIpc) is 1.66. The molecule has 36 heteroatoms. The van der Waals surface area contributed by atoms with Crippen LogP contribution < -0.4 is 11.0 Å². The molecule has 29 nitrogen and oxygen atoms in total. The van der Waals surface area contributed by atoms with E-state index in [1.54, 1.807) is 35.5 Å². The topological polar surface area (TPSA) is 353 Å². The van der Waals surface area contributed by atoms with Gasteiger partial charge in [0.1, 0.15) is 98.7 Å². The van der Waals surface area contributed by atoms with Gasteiger partial charge < -0.3 is 111 Å². The van der Waals surface area contributed by atoms with Gasteiger partial charge in [0.15, 0.2) is 14.6 Å². The molecule has 7 unspecified atom stereocenters. The molecule has 5 aliphatic rings. The summed E-state index contributed by atoms with van der Waals surface area (Å²) in [5.74, 6) is -0.168. The maximum absolute atomic E-state index is 12.4. The molecular weight excluding hydrogens is 1490 g/mol. The van der Waals surface area contributed by atoms with Crippen LogP contribution in [-0.4, -0.2) is 316 Å². The standard InChI is InChI=1S/C17H27N3O6.C15H27BNO5P.2C11H21BO4.C9H18ClN2P.C6H11BO3.C6H14O/c1-6-11-13(22)14(25-9-17(3,4)24-5)15(26-11)20-8-7-12(18-10(2)21)19-16(20)23;1-7-11-12(22-23(6)20-9-8-17-4)13(14(16)21-11)19-10-15(2,3)18-5;2*1-5-7-8(13)9(10(12)16-7)15-6-11(2,3)14-4;1-8(2)12-13(10,9(3)4)7-5-6-11;1-2-3-4(8)5(9)6(7)10-3;1-5-6(2,3)7-4/h7-8,11,13-15,22H,6,9H2,1-5H3,(H,18,19,21,23);11-14H,7-10H2,1-3,5-6H3;2*7-10,13H,5-6H2,1-4H3;8-9H,5,7H2,1-4H3;3-6,8-9H,2H2,1H3;5H2,1-4H3/t11-,13?,14+,15-;11-,12?,13+,14-,23?;2*7-,8?,9+,10-;;3-,4?,5+,6-;/m1111.1./s1. The molecule has 5 aliphatic heterocycles. The van der Waals surface area contributed by atoms with Crippen LogP contribution in [0.5, 0.6) is 0 Å². The van der Waals surface area contributed by atoms with Crippen molar-refractivity contribution in [1.29, 1.82) is 5.26 Å². The van der Waals surface area contributed by atoms with E-state index in [-0.39, 0.29) is 77.8 Å². The van der Waals surface area contributed by atoms with E-state index < -0.39 is 117 Å². The van der Waals surface area contributed by atoms with Gasteiger partial charge in [-0.05, 0) is 128 Å². The molecule has 0 aliphatic carbocycles. The largest absolute Gasteiger partial charge is 0.388 e. The first kappa shape index (κ1) is 109. The third kappa shape index (κ3) is 39.0. The molecule has 0 aromatic carbocycles. The number of rotatable bonds is 34. The van der Waals surface area contributed by atoms with Crippen LogP contribution in [0.25, 0.3) is 4.85 Å². The number of methoxy groups -OCH3 is 5. The monoisotopic (exact) mass is 1630 g/mol. The molecule has 5 fully saturated rings. The zero-order valence-corrected chi connectivity index (χ0v) is 74.2. The number of aromatic nitrogens is 2. The molecule has 111 heavy (non-hydrogen) atoms. The first-order valence-electron chi connectivity index (χ1n) is 38.4. The fraction of sp³-hybridized carbons (Fsp3) is 0.907. The van der Waals surface area contributed by atoms with Crippen LogP contribution in [0, 0.1) is 17.9 Å². The van der Waals surface area contributed by atoms with Crippen LogP contribution in [0.3, 0.4) is 0 Å². The Morgan fingerprint density at radius 3 is 1.33 bits per heavy atom. The molecule has 6 rings (SSSR count). The smallest absolute Gasteiger partial charge is 0.351 e. The Balaban J connectivity index is 0.00000131. The third-order valence-corrected chi connectivity index (χ3v) is 25.1. The fourth-order valence-electron chi connectivity index (χ4n) is 10.5. The maximum Gasteiger partial charge on any atom is 0.351 e. The van der Waals surface area contributed by atoms with Crippen LogP contribution in [0.2, 0.25) is 0 Å². The minimum atomic E-state index is -1.74. The Bertz CT molecular complexity index is 2880. The quantitative estimate of drug-likeness (QED) is 0.0162. The number of carbonyl (C=O) groups excluding carboxylic acids is 1. The van der Waals surface area contributed by atoms with Crippen molar-refractivity contribution in [2.24, 2.45) is 4.74 Å². The number of aliphatic hydroxyl groups is 5. The van der Waals surface area contributed by atoms with Crippen molar-refractivity contribution in [2.45, 2.75) is 352 Å². The highest BCUT2D eigenvalue weighted by Gasteiger charge is 2.48. The molecule has 5 saturated heterocycles. The van der Waals surface area contributed by atoms with E-state index in [2.05, 4.69) is 60.6 Å². The summed E-state index contributed by atoms with van der Waals surface area (Å²) in [6.07, 6.45) is -2.95. The number of hydrogen-bond acceptors (Lipinski definition) is 26. The number of carbonyl (C=O) groups is 1. The van der Waals surface area contributed by atoms with Crippen LogP contribution in [0.1, 0.15) is 197 Å².